The fourth-order valence-corrected chi connectivity index (χ4v) is 4.82. The van der Waals surface area contributed by atoms with Crippen LogP contribution in [0.5, 0.6) is 0 Å². The molecule has 1 aliphatic carbocycles. The second kappa shape index (κ2) is 15.5. The summed E-state index contributed by atoms with van der Waals surface area (Å²) < 4.78 is 10.1. The molecule has 1 saturated carbocycles. The largest absolute Gasteiger partial charge is 0.464 e. The standard InChI is InChI=1S/C26H46O6/c1-5-7-16-26(3,4)17-10-11-20-14-15-22(28)21(20)12-8-9-13-23(29)24(32-19-18-27)25(30)31-6-2/h20-21,24,27H,5-19H2,1-4H3/t20-,21+,24?/m0/s1. The molecule has 3 atom stereocenters. The Labute approximate surface area is 194 Å². The van der Waals surface area contributed by atoms with Crippen molar-refractivity contribution in [2.75, 3.05) is 19.8 Å². The molecule has 1 unspecified atom stereocenters. The van der Waals surface area contributed by atoms with Crippen molar-refractivity contribution in [2.24, 2.45) is 17.3 Å². The van der Waals surface area contributed by atoms with Gasteiger partial charge in [0.1, 0.15) is 5.78 Å². The van der Waals surface area contributed by atoms with E-state index in [1.807, 2.05) is 0 Å². The molecule has 0 spiro atoms. The van der Waals surface area contributed by atoms with Crippen LogP contribution in [0.3, 0.4) is 0 Å². The lowest BCUT2D eigenvalue weighted by molar-refractivity contribution is -0.162. The molecule has 0 bridgehead atoms. The van der Waals surface area contributed by atoms with Gasteiger partial charge in [-0.1, -0.05) is 46.5 Å². The summed E-state index contributed by atoms with van der Waals surface area (Å²) in [5.74, 6) is -0.0442. The highest BCUT2D eigenvalue weighted by atomic mass is 16.6. The van der Waals surface area contributed by atoms with Crippen molar-refractivity contribution in [2.45, 2.75) is 111 Å². The first-order valence-electron chi connectivity index (χ1n) is 12.7. The number of hydrogen-bond donors (Lipinski definition) is 1. The summed E-state index contributed by atoms with van der Waals surface area (Å²) in [5, 5.41) is 8.92. The molecular formula is C26H46O6. The molecule has 0 aromatic carbocycles. The van der Waals surface area contributed by atoms with Crippen molar-refractivity contribution in [3.63, 3.8) is 0 Å². The zero-order valence-corrected chi connectivity index (χ0v) is 20.8. The lowest BCUT2D eigenvalue weighted by Gasteiger charge is -2.26. The highest BCUT2D eigenvalue weighted by Crippen LogP contribution is 2.38. The maximum Gasteiger partial charge on any atom is 0.343 e. The van der Waals surface area contributed by atoms with E-state index in [0.717, 1.165) is 25.7 Å². The van der Waals surface area contributed by atoms with Gasteiger partial charge >= 0.3 is 5.97 Å². The molecular weight excluding hydrogens is 408 g/mol. The SMILES string of the molecule is CCCCC(C)(C)CCC[C@H]1CCC(=O)[C@@H]1CCCCC(=O)C(OCCO)C(=O)OCC. The van der Waals surface area contributed by atoms with Crippen LogP contribution in [0.15, 0.2) is 0 Å². The Bertz CT molecular complexity index is 571. The zero-order valence-electron chi connectivity index (χ0n) is 20.8. The van der Waals surface area contributed by atoms with Gasteiger partial charge in [-0.25, -0.2) is 4.79 Å². The highest BCUT2D eigenvalue weighted by molar-refractivity contribution is 6.02. The maximum absolute atomic E-state index is 12.4. The molecule has 0 radical (unpaired) electrons. The lowest BCUT2D eigenvalue weighted by atomic mass is 9.79. The zero-order chi connectivity index (χ0) is 24.0. The van der Waals surface area contributed by atoms with Crippen molar-refractivity contribution < 1.29 is 29.0 Å². The molecule has 6 heteroatoms. The van der Waals surface area contributed by atoms with Gasteiger partial charge in [0.05, 0.1) is 19.8 Å². The number of unbranched alkanes of at least 4 members (excludes halogenated alkanes) is 2. The Morgan fingerprint density at radius 3 is 2.47 bits per heavy atom. The summed E-state index contributed by atoms with van der Waals surface area (Å²) in [4.78, 5) is 36.8. The normalized spacial score (nSPS) is 19.8. The molecule has 0 heterocycles. The van der Waals surface area contributed by atoms with Crippen molar-refractivity contribution in [3.05, 3.63) is 0 Å². The van der Waals surface area contributed by atoms with Gasteiger partial charge in [0.15, 0.2) is 5.78 Å². The van der Waals surface area contributed by atoms with Gasteiger partial charge in [0, 0.05) is 18.8 Å². The summed E-state index contributed by atoms with van der Waals surface area (Å²) in [6, 6.07) is 0. The summed E-state index contributed by atoms with van der Waals surface area (Å²) in [7, 11) is 0. The summed E-state index contributed by atoms with van der Waals surface area (Å²) in [5.41, 5.74) is 0.377. The number of rotatable bonds is 18. The van der Waals surface area contributed by atoms with Crippen molar-refractivity contribution in [3.8, 4) is 0 Å². The number of aliphatic hydroxyl groups is 1. The van der Waals surface area contributed by atoms with E-state index in [-0.39, 0.29) is 37.9 Å². The van der Waals surface area contributed by atoms with E-state index in [0.29, 0.717) is 30.0 Å². The van der Waals surface area contributed by atoms with Gasteiger partial charge in [-0.3, -0.25) is 9.59 Å². The van der Waals surface area contributed by atoms with Gasteiger partial charge < -0.3 is 14.6 Å². The molecule has 32 heavy (non-hydrogen) atoms. The lowest BCUT2D eigenvalue weighted by Crippen LogP contribution is -2.35. The van der Waals surface area contributed by atoms with Crippen molar-refractivity contribution in [1.82, 2.24) is 0 Å². The van der Waals surface area contributed by atoms with Crippen LogP contribution in [0.1, 0.15) is 105 Å². The summed E-state index contributed by atoms with van der Waals surface area (Å²) in [6.07, 6.45) is 10.1. The highest BCUT2D eigenvalue weighted by Gasteiger charge is 2.34. The maximum atomic E-state index is 12.4. The molecule has 1 aliphatic rings. The third-order valence-corrected chi connectivity index (χ3v) is 6.74. The fraction of sp³-hybridized carbons (Fsp3) is 0.885. The van der Waals surface area contributed by atoms with Crippen LogP contribution in [0.25, 0.3) is 0 Å². The van der Waals surface area contributed by atoms with Crippen LogP contribution in [0, 0.1) is 17.3 Å². The Balaban J connectivity index is 2.42. The number of hydrogen-bond acceptors (Lipinski definition) is 6. The molecule has 1 N–H and O–H groups in total. The molecule has 1 fully saturated rings. The first-order chi connectivity index (χ1) is 15.3. The van der Waals surface area contributed by atoms with Crippen LogP contribution in [-0.2, 0) is 23.9 Å². The number of ketones is 2. The minimum atomic E-state index is -1.26. The smallest absolute Gasteiger partial charge is 0.343 e. The predicted molar refractivity (Wildman–Crippen MR) is 125 cm³/mol. The monoisotopic (exact) mass is 454 g/mol. The number of aliphatic hydroxyl groups excluding tert-OH is 1. The van der Waals surface area contributed by atoms with Crippen molar-refractivity contribution >= 4 is 17.5 Å². The van der Waals surface area contributed by atoms with E-state index in [1.54, 1.807) is 6.92 Å². The van der Waals surface area contributed by atoms with Gasteiger partial charge in [-0.05, 0) is 56.8 Å². The molecule has 6 nitrogen and oxygen atoms in total. The van der Waals surface area contributed by atoms with Gasteiger partial charge in [0.2, 0.25) is 6.10 Å². The fourth-order valence-electron chi connectivity index (χ4n) is 4.82. The van der Waals surface area contributed by atoms with E-state index in [9.17, 15) is 14.4 Å². The second-order valence-corrected chi connectivity index (χ2v) is 9.97. The predicted octanol–water partition coefficient (Wildman–Crippen LogP) is 5.04. The summed E-state index contributed by atoms with van der Waals surface area (Å²) >= 11 is 0. The Morgan fingerprint density at radius 2 is 1.81 bits per heavy atom. The van der Waals surface area contributed by atoms with E-state index >= 15 is 0 Å². The quantitative estimate of drug-likeness (QED) is 0.177. The first-order valence-corrected chi connectivity index (χ1v) is 12.7. The minimum absolute atomic E-state index is 0.0806. The number of esters is 1. The number of ether oxygens (including phenoxy) is 2. The molecule has 0 aromatic heterocycles. The van der Waals surface area contributed by atoms with Crippen LogP contribution in [-0.4, -0.2) is 48.6 Å². The Hall–Kier alpha value is -1.27. The van der Waals surface area contributed by atoms with E-state index in [4.69, 9.17) is 14.6 Å². The molecule has 0 aromatic rings. The van der Waals surface area contributed by atoms with Gasteiger partial charge in [-0.15, -0.1) is 0 Å². The Kier molecular flexibility index (Phi) is 14.0. The molecule has 0 saturated heterocycles. The molecule has 1 rings (SSSR count). The van der Waals surface area contributed by atoms with Crippen LogP contribution in [0.2, 0.25) is 0 Å². The van der Waals surface area contributed by atoms with Crippen LogP contribution >= 0.6 is 0 Å². The number of Topliss-reactive ketones (excluding diaryl/α,β-unsaturated/α-hetero) is 2. The Morgan fingerprint density at radius 1 is 1.09 bits per heavy atom. The number of carbonyl (C=O) groups is 3. The molecule has 186 valence electrons. The van der Waals surface area contributed by atoms with Crippen LogP contribution < -0.4 is 0 Å². The average Bonchev–Trinajstić information content (AvgIpc) is 3.09. The van der Waals surface area contributed by atoms with E-state index in [2.05, 4.69) is 20.8 Å². The van der Waals surface area contributed by atoms with E-state index < -0.39 is 12.1 Å². The number of carbonyl (C=O) groups excluding carboxylic acids is 3. The third-order valence-electron chi connectivity index (χ3n) is 6.74. The topological polar surface area (TPSA) is 89.9 Å². The second-order valence-electron chi connectivity index (χ2n) is 9.97. The first kappa shape index (κ1) is 28.8. The van der Waals surface area contributed by atoms with Crippen LogP contribution in [0.4, 0.5) is 0 Å². The van der Waals surface area contributed by atoms with Gasteiger partial charge in [0.25, 0.3) is 0 Å². The molecule has 0 amide bonds. The van der Waals surface area contributed by atoms with E-state index in [1.165, 1.54) is 32.1 Å². The van der Waals surface area contributed by atoms with Crippen molar-refractivity contribution in [1.29, 1.82) is 0 Å². The minimum Gasteiger partial charge on any atom is -0.464 e. The summed E-state index contributed by atoms with van der Waals surface area (Å²) in [6.45, 7) is 8.44. The van der Waals surface area contributed by atoms with Gasteiger partial charge in [-0.2, -0.15) is 0 Å². The third kappa shape index (κ3) is 10.6. The molecule has 0 aliphatic heterocycles. The average molecular weight is 455 g/mol.